The largest absolute Gasteiger partial charge is 0.477 e. The van der Waals surface area contributed by atoms with Crippen molar-refractivity contribution >= 4 is 23.3 Å². The average molecular weight is 216 g/mol. The number of aromatic carboxylic acids is 1. The fourth-order valence-corrected chi connectivity index (χ4v) is 1.51. The van der Waals surface area contributed by atoms with E-state index in [9.17, 15) is 9.59 Å². The number of thiophene rings is 1. The number of carboxylic acids is 1. The van der Waals surface area contributed by atoms with E-state index < -0.39 is 11.9 Å². The second-order valence-corrected chi connectivity index (χ2v) is 3.41. The molecule has 1 rings (SSSR count). The van der Waals surface area contributed by atoms with Gasteiger partial charge in [0.1, 0.15) is 16.4 Å². The first-order valence-electron chi connectivity index (χ1n) is 3.76. The number of ether oxygens (including phenoxy) is 1. The molecule has 0 saturated carbocycles. The number of carboxylic acid groups (broad SMARTS) is 1. The summed E-state index contributed by atoms with van der Waals surface area (Å²) in [7, 11) is 0. The van der Waals surface area contributed by atoms with E-state index in [1.54, 1.807) is 0 Å². The Morgan fingerprint density at radius 2 is 2.00 bits per heavy atom. The van der Waals surface area contributed by atoms with Crippen LogP contribution in [0.1, 0.15) is 19.3 Å². The minimum atomic E-state index is -1.07. The zero-order valence-electron chi connectivity index (χ0n) is 7.10. The van der Waals surface area contributed by atoms with Gasteiger partial charge in [0.05, 0.1) is 6.61 Å². The molecule has 0 amide bonds. The predicted octanol–water partition coefficient (Wildman–Crippen LogP) is 0.595. The van der Waals surface area contributed by atoms with Gasteiger partial charge in [-0.15, -0.1) is 11.3 Å². The van der Waals surface area contributed by atoms with Crippen LogP contribution in [0.5, 0.6) is 0 Å². The number of carbonyl (C=O) groups is 2. The standard InChI is InChI=1S/C8H8O5S/c9-3-4-13-8(12)6-2-1-5(14-6)7(10)11/h1-2,9H,3-4H2,(H,10,11). The average Bonchev–Trinajstić information content (AvgIpc) is 2.62. The molecule has 1 aromatic heterocycles. The Kier molecular flexibility index (Phi) is 3.61. The molecular formula is C8H8O5S. The molecule has 0 saturated heterocycles. The van der Waals surface area contributed by atoms with Gasteiger partial charge in [-0.05, 0) is 12.1 Å². The normalized spacial score (nSPS) is 9.79. The van der Waals surface area contributed by atoms with Crippen molar-refractivity contribution in [3.05, 3.63) is 21.9 Å². The zero-order valence-corrected chi connectivity index (χ0v) is 7.91. The van der Waals surface area contributed by atoms with E-state index in [-0.39, 0.29) is 23.0 Å². The summed E-state index contributed by atoms with van der Waals surface area (Å²) in [6, 6.07) is 2.72. The molecule has 0 unspecified atom stereocenters. The molecule has 0 aliphatic carbocycles. The van der Waals surface area contributed by atoms with Crippen LogP contribution in [0.3, 0.4) is 0 Å². The van der Waals surface area contributed by atoms with E-state index in [4.69, 9.17) is 10.2 Å². The molecule has 14 heavy (non-hydrogen) atoms. The van der Waals surface area contributed by atoms with Crippen molar-refractivity contribution in [1.29, 1.82) is 0 Å². The maximum absolute atomic E-state index is 11.1. The lowest BCUT2D eigenvalue weighted by molar-refractivity contribution is 0.0439. The molecule has 0 aliphatic heterocycles. The fourth-order valence-electron chi connectivity index (χ4n) is 0.772. The van der Waals surface area contributed by atoms with Gasteiger partial charge in [-0.3, -0.25) is 0 Å². The molecule has 0 aromatic carbocycles. The molecule has 76 valence electrons. The SMILES string of the molecule is O=C(O)c1ccc(C(=O)OCCO)s1. The van der Waals surface area contributed by atoms with Crippen molar-refractivity contribution in [3.8, 4) is 0 Å². The summed E-state index contributed by atoms with van der Waals surface area (Å²) in [6.07, 6.45) is 0. The van der Waals surface area contributed by atoms with Crippen molar-refractivity contribution in [2.75, 3.05) is 13.2 Å². The van der Waals surface area contributed by atoms with Crippen LogP contribution >= 0.6 is 11.3 Å². The Hall–Kier alpha value is -1.40. The Balaban J connectivity index is 2.66. The predicted molar refractivity (Wildman–Crippen MR) is 48.6 cm³/mol. The number of rotatable bonds is 4. The monoisotopic (exact) mass is 216 g/mol. The van der Waals surface area contributed by atoms with Gasteiger partial charge in [-0.25, -0.2) is 9.59 Å². The molecule has 0 fully saturated rings. The van der Waals surface area contributed by atoms with Crippen LogP contribution < -0.4 is 0 Å². The van der Waals surface area contributed by atoms with Crippen molar-refractivity contribution in [2.24, 2.45) is 0 Å². The van der Waals surface area contributed by atoms with Gasteiger partial charge in [0.15, 0.2) is 0 Å². The van der Waals surface area contributed by atoms with Crippen molar-refractivity contribution in [3.63, 3.8) is 0 Å². The van der Waals surface area contributed by atoms with Gasteiger partial charge in [0.25, 0.3) is 0 Å². The number of hydrogen-bond acceptors (Lipinski definition) is 5. The minimum absolute atomic E-state index is 0.0842. The maximum Gasteiger partial charge on any atom is 0.348 e. The molecule has 2 N–H and O–H groups in total. The van der Waals surface area contributed by atoms with E-state index in [0.29, 0.717) is 0 Å². The van der Waals surface area contributed by atoms with Crippen LogP contribution in [0.15, 0.2) is 12.1 Å². The summed E-state index contributed by atoms with van der Waals surface area (Å²) in [5, 5.41) is 17.0. The summed E-state index contributed by atoms with van der Waals surface area (Å²) < 4.78 is 4.60. The Morgan fingerprint density at radius 3 is 2.50 bits per heavy atom. The topological polar surface area (TPSA) is 83.8 Å². The molecule has 0 spiro atoms. The molecular weight excluding hydrogens is 208 g/mol. The van der Waals surface area contributed by atoms with Crippen molar-refractivity contribution in [2.45, 2.75) is 0 Å². The number of hydrogen-bond donors (Lipinski definition) is 2. The smallest absolute Gasteiger partial charge is 0.348 e. The third-order valence-electron chi connectivity index (χ3n) is 1.34. The van der Waals surface area contributed by atoms with Gasteiger partial charge in [-0.1, -0.05) is 0 Å². The lowest BCUT2D eigenvalue weighted by Crippen LogP contribution is -2.06. The van der Waals surface area contributed by atoms with Gasteiger partial charge in [0, 0.05) is 0 Å². The first-order chi connectivity index (χ1) is 6.65. The highest BCUT2D eigenvalue weighted by Crippen LogP contribution is 2.17. The Labute approximate surface area is 83.6 Å². The lowest BCUT2D eigenvalue weighted by Gasteiger charge is -1.98. The second kappa shape index (κ2) is 4.73. The van der Waals surface area contributed by atoms with Crippen LogP contribution in [0.25, 0.3) is 0 Å². The molecule has 6 heteroatoms. The van der Waals surface area contributed by atoms with Gasteiger partial charge in [0.2, 0.25) is 0 Å². The summed E-state index contributed by atoms with van der Waals surface area (Å²) in [6.45, 7) is -0.331. The van der Waals surface area contributed by atoms with Crippen LogP contribution in [0, 0.1) is 0 Å². The third kappa shape index (κ3) is 2.54. The van der Waals surface area contributed by atoms with Gasteiger partial charge in [-0.2, -0.15) is 0 Å². The quantitative estimate of drug-likeness (QED) is 0.720. The fraction of sp³-hybridized carbons (Fsp3) is 0.250. The highest BCUT2D eigenvalue weighted by Gasteiger charge is 2.13. The van der Waals surface area contributed by atoms with Gasteiger partial charge >= 0.3 is 11.9 Å². The van der Waals surface area contributed by atoms with E-state index in [0.717, 1.165) is 11.3 Å². The Morgan fingerprint density at radius 1 is 1.36 bits per heavy atom. The summed E-state index contributed by atoms with van der Waals surface area (Å²) in [5.41, 5.74) is 0. The summed E-state index contributed by atoms with van der Waals surface area (Å²) in [4.78, 5) is 21.9. The first kappa shape index (κ1) is 10.7. The van der Waals surface area contributed by atoms with Crippen molar-refractivity contribution < 1.29 is 24.5 Å². The molecule has 1 heterocycles. The number of esters is 1. The molecule has 0 bridgehead atoms. The van der Waals surface area contributed by atoms with Crippen LogP contribution in [-0.2, 0) is 4.74 Å². The van der Waals surface area contributed by atoms with Crippen LogP contribution in [0.2, 0.25) is 0 Å². The molecule has 0 atom stereocenters. The highest BCUT2D eigenvalue weighted by molar-refractivity contribution is 7.15. The lowest BCUT2D eigenvalue weighted by atomic mass is 10.4. The highest BCUT2D eigenvalue weighted by atomic mass is 32.1. The number of aliphatic hydroxyl groups is 1. The van der Waals surface area contributed by atoms with E-state index >= 15 is 0 Å². The van der Waals surface area contributed by atoms with E-state index in [1.807, 2.05) is 0 Å². The maximum atomic E-state index is 11.1. The summed E-state index contributed by atoms with van der Waals surface area (Å²) >= 11 is 0.844. The van der Waals surface area contributed by atoms with E-state index in [1.165, 1.54) is 12.1 Å². The van der Waals surface area contributed by atoms with Crippen molar-refractivity contribution in [1.82, 2.24) is 0 Å². The number of carbonyl (C=O) groups excluding carboxylic acids is 1. The van der Waals surface area contributed by atoms with Gasteiger partial charge < -0.3 is 14.9 Å². The Bertz CT molecular complexity index is 343. The number of aliphatic hydroxyl groups excluding tert-OH is 1. The second-order valence-electron chi connectivity index (χ2n) is 2.33. The molecule has 0 radical (unpaired) electrons. The minimum Gasteiger partial charge on any atom is -0.477 e. The van der Waals surface area contributed by atoms with Crippen LogP contribution in [0.4, 0.5) is 0 Å². The third-order valence-corrected chi connectivity index (χ3v) is 2.40. The van der Waals surface area contributed by atoms with E-state index in [2.05, 4.69) is 4.74 Å². The molecule has 1 aromatic rings. The zero-order chi connectivity index (χ0) is 10.6. The molecule has 5 nitrogen and oxygen atoms in total. The summed E-state index contributed by atoms with van der Waals surface area (Å²) in [5.74, 6) is -1.69. The molecule has 0 aliphatic rings. The first-order valence-corrected chi connectivity index (χ1v) is 4.58. The van der Waals surface area contributed by atoms with Crippen LogP contribution in [-0.4, -0.2) is 35.4 Å².